The fourth-order valence-corrected chi connectivity index (χ4v) is 0.779. The van der Waals surface area contributed by atoms with Crippen molar-refractivity contribution >= 4 is 109 Å². The van der Waals surface area contributed by atoms with E-state index in [0.29, 0.717) is 5.75 Å². The van der Waals surface area contributed by atoms with Crippen molar-refractivity contribution in [3.8, 4) is 11.5 Å². The SMILES string of the molecule is CC(Oc1ccc(O)cc1)C(=O)O.[KH].[KH]. The fourth-order valence-electron chi connectivity index (χ4n) is 0.779. The van der Waals surface area contributed by atoms with Crippen LogP contribution in [-0.4, -0.2) is 125 Å². The van der Waals surface area contributed by atoms with Gasteiger partial charge in [-0.05, 0) is 31.2 Å². The van der Waals surface area contributed by atoms with Crippen molar-refractivity contribution in [3.05, 3.63) is 24.3 Å². The molecule has 0 aromatic heterocycles. The van der Waals surface area contributed by atoms with Gasteiger partial charge in [-0.25, -0.2) is 4.79 Å². The van der Waals surface area contributed by atoms with Crippen LogP contribution in [0, 0.1) is 0 Å². The molecule has 0 bridgehead atoms. The molecule has 0 radical (unpaired) electrons. The van der Waals surface area contributed by atoms with E-state index in [9.17, 15) is 4.79 Å². The first-order chi connectivity index (χ1) is 6.09. The van der Waals surface area contributed by atoms with E-state index in [0.717, 1.165) is 0 Å². The van der Waals surface area contributed by atoms with E-state index in [2.05, 4.69) is 0 Å². The molecule has 0 spiro atoms. The molecule has 0 heterocycles. The van der Waals surface area contributed by atoms with Gasteiger partial charge in [0.25, 0.3) is 0 Å². The summed E-state index contributed by atoms with van der Waals surface area (Å²) >= 11 is 0. The van der Waals surface area contributed by atoms with Gasteiger partial charge in [0.2, 0.25) is 0 Å². The number of carboxylic acid groups (broad SMARTS) is 1. The van der Waals surface area contributed by atoms with Gasteiger partial charge in [-0.1, -0.05) is 0 Å². The van der Waals surface area contributed by atoms with Crippen LogP contribution in [-0.2, 0) is 4.79 Å². The second kappa shape index (κ2) is 9.58. The maximum absolute atomic E-state index is 10.4. The van der Waals surface area contributed by atoms with E-state index in [1.165, 1.54) is 31.2 Å². The van der Waals surface area contributed by atoms with Crippen LogP contribution in [0.3, 0.4) is 0 Å². The fraction of sp³-hybridized carbons (Fsp3) is 0.222. The van der Waals surface area contributed by atoms with Crippen molar-refractivity contribution in [2.75, 3.05) is 0 Å². The third-order valence-electron chi connectivity index (χ3n) is 1.50. The van der Waals surface area contributed by atoms with E-state index in [1.54, 1.807) is 0 Å². The van der Waals surface area contributed by atoms with Crippen LogP contribution < -0.4 is 4.74 Å². The van der Waals surface area contributed by atoms with Gasteiger partial charge in [0.1, 0.15) is 11.5 Å². The van der Waals surface area contributed by atoms with Gasteiger partial charge in [-0.3, -0.25) is 0 Å². The number of phenols is 1. The molecule has 0 amide bonds. The number of rotatable bonds is 3. The van der Waals surface area contributed by atoms with Crippen molar-refractivity contribution in [1.29, 1.82) is 0 Å². The van der Waals surface area contributed by atoms with Crippen LogP contribution in [0.2, 0.25) is 0 Å². The first kappa shape index (κ1) is 18.9. The van der Waals surface area contributed by atoms with Crippen LogP contribution in [0.25, 0.3) is 0 Å². The molecular weight excluding hydrogens is 250 g/mol. The summed E-state index contributed by atoms with van der Waals surface area (Å²) in [5, 5.41) is 17.5. The molecule has 15 heavy (non-hydrogen) atoms. The van der Waals surface area contributed by atoms with Crippen molar-refractivity contribution in [1.82, 2.24) is 0 Å². The average molecular weight is 262 g/mol. The quantitative estimate of drug-likeness (QED) is 0.749. The third kappa shape index (κ3) is 7.48. The molecule has 1 atom stereocenters. The molecule has 4 nitrogen and oxygen atoms in total. The van der Waals surface area contributed by atoms with Gasteiger partial charge in [0.15, 0.2) is 6.10 Å². The van der Waals surface area contributed by atoms with Crippen molar-refractivity contribution < 1.29 is 19.7 Å². The molecule has 0 fully saturated rings. The predicted octanol–water partition coefficient (Wildman–Crippen LogP) is -0.0529. The van der Waals surface area contributed by atoms with Crippen LogP contribution >= 0.6 is 0 Å². The number of carboxylic acids is 1. The normalized spacial score (nSPS) is 10.5. The Kier molecular flexibility index (Phi) is 12.1. The third-order valence-corrected chi connectivity index (χ3v) is 1.50. The summed E-state index contributed by atoms with van der Waals surface area (Å²) < 4.78 is 5.02. The molecule has 0 aliphatic rings. The maximum atomic E-state index is 10.4. The zero-order chi connectivity index (χ0) is 9.84. The first-order valence-electron chi connectivity index (χ1n) is 3.78. The number of benzene rings is 1. The summed E-state index contributed by atoms with van der Waals surface area (Å²) in [6, 6.07) is 5.89. The second-order valence-electron chi connectivity index (χ2n) is 2.59. The number of carbonyl (C=O) groups is 1. The van der Waals surface area contributed by atoms with Gasteiger partial charge in [0, 0.05) is 0 Å². The van der Waals surface area contributed by atoms with Crippen molar-refractivity contribution in [3.63, 3.8) is 0 Å². The number of hydrogen-bond acceptors (Lipinski definition) is 3. The summed E-state index contributed by atoms with van der Waals surface area (Å²) in [6.07, 6.45) is -0.885. The molecule has 0 saturated carbocycles. The molecule has 0 aliphatic carbocycles. The summed E-state index contributed by atoms with van der Waals surface area (Å²) in [7, 11) is 0. The minimum absolute atomic E-state index is 0. The molecule has 74 valence electrons. The number of aliphatic carboxylic acids is 1. The van der Waals surface area contributed by atoms with E-state index in [4.69, 9.17) is 14.9 Å². The number of phenolic OH excluding ortho intramolecular Hbond substituents is 1. The summed E-state index contributed by atoms with van der Waals surface area (Å²) in [6.45, 7) is 1.44. The zero-order valence-corrected chi connectivity index (χ0v) is 7.10. The Morgan fingerprint density at radius 3 is 2.13 bits per heavy atom. The Morgan fingerprint density at radius 1 is 1.27 bits per heavy atom. The number of hydrogen-bond donors (Lipinski definition) is 2. The van der Waals surface area contributed by atoms with E-state index < -0.39 is 12.1 Å². The van der Waals surface area contributed by atoms with Gasteiger partial charge >= 0.3 is 109 Å². The first-order valence-corrected chi connectivity index (χ1v) is 3.78. The Balaban J connectivity index is 0. The molecule has 1 rings (SSSR count). The van der Waals surface area contributed by atoms with Gasteiger partial charge < -0.3 is 14.9 Å². The topological polar surface area (TPSA) is 66.8 Å². The van der Waals surface area contributed by atoms with E-state index in [-0.39, 0.29) is 109 Å². The molecule has 0 saturated heterocycles. The molecular formula is C9H12K2O4. The Hall–Kier alpha value is 1.56. The van der Waals surface area contributed by atoms with Gasteiger partial charge in [0.05, 0.1) is 0 Å². The van der Waals surface area contributed by atoms with Crippen LogP contribution in [0.15, 0.2) is 24.3 Å². The van der Waals surface area contributed by atoms with Crippen molar-refractivity contribution in [2.45, 2.75) is 13.0 Å². The van der Waals surface area contributed by atoms with E-state index in [1.807, 2.05) is 0 Å². The summed E-state index contributed by atoms with van der Waals surface area (Å²) in [5.74, 6) is -0.476. The standard InChI is InChI=1S/C9H10O4.2K.2H/c1-6(9(11)12)13-8-4-2-7(10)3-5-8;;;;/h2-6,10H,1H3,(H,11,12);;;;. The number of aromatic hydroxyl groups is 1. The zero-order valence-electron chi connectivity index (χ0n) is 7.10. The van der Waals surface area contributed by atoms with E-state index >= 15 is 0 Å². The van der Waals surface area contributed by atoms with Crippen LogP contribution in [0.5, 0.6) is 11.5 Å². The summed E-state index contributed by atoms with van der Waals surface area (Å²) in [5.41, 5.74) is 0. The Morgan fingerprint density at radius 2 is 1.73 bits per heavy atom. The molecule has 1 aromatic carbocycles. The van der Waals surface area contributed by atoms with Crippen molar-refractivity contribution in [2.24, 2.45) is 0 Å². The molecule has 2 N–H and O–H groups in total. The minimum atomic E-state index is -1.02. The van der Waals surface area contributed by atoms with Crippen LogP contribution in [0.1, 0.15) is 6.92 Å². The van der Waals surface area contributed by atoms with Gasteiger partial charge in [-0.2, -0.15) is 0 Å². The van der Waals surface area contributed by atoms with Crippen LogP contribution in [0.4, 0.5) is 0 Å². The Labute approximate surface area is 173 Å². The molecule has 6 heteroatoms. The summed E-state index contributed by atoms with van der Waals surface area (Å²) in [4.78, 5) is 10.4. The molecule has 1 aromatic rings. The molecule has 0 aliphatic heterocycles. The molecule has 1 unspecified atom stereocenters. The predicted molar refractivity (Wildman–Crippen MR) is 60.1 cm³/mol. The second-order valence-corrected chi connectivity index (χ2v) is 2.59. The Bertz CT molecular complexity index is 299. The monoisotopic (exact) mass is 262 g/mol. The van der Waals surface area contributed by atoms with Gasteiger partial charge in [-0.15, -0.1) is 0 Å². The average Bonchev–Trinajstić information content (AvgIpc) is 2.08. The number of ether oxygens (including phenoxy) is 1.